The van der Waals surface area contributed by atoms with E-state index in [2.05, 4.69) is 6.07 Å². The van der Waals surface area contributed by atoms with Crippen molar-refractivity contribution >= 4 is 5.97 Å². The van der Waals surface area contributed by atoms with E-state index in [0.717, 1.165) is 29.7 Å². The molecule has 1 fully saturated rings. The molecular weight excluding hydrogens is 300 g/mol. The molecule has 0 radical (unpaired) electrons. The monoisotopic (exact) mass is 320 g/mol. The molecule has 4 heteroatoms. The van der Waals surface area contributed by atoms with Gasteiger partial charge in [-0.05, 0) is 36.7 Å². The molecule has 0 N–H and O–H groups in total. The molecule has 0 unspecified atom stereocenters. The Morgan fingerprint density at radius 3 is 2.62 bits per heavy atom. The van der Waals surface area contributed by atoms with E-state index in [1.54, 1.807) is 0 Å². The zero-order valence-electron chi connectivity index (χ0n) is 13.9. The molecule has 0 spiro atoms. The van der Waals surface area contributed by atoms with Crippen molar-refractivity contribution < 1.29 is 9.53 Å². The molecule has 24 heavy (non-hydrogen) atoms. The zero-order chi connectivity index (χ0) is 17.1. The maximum absolute atomic E-state index is 12.5. The van der Waals surface area contributed by atoms with E-state index in [-0.39, 0.29) is 17.9 Å². The van der Waals surface area contributed by atoms with E-state index < -0.39 is 0 Å². The summed E-state index contributed by atoms with van der Waals surface area (Å²) < 4.78 is 5.06. The minimum atomic E-state index is -0.351. The van der Waals surface area contributed by atoms with Crippen molar-refractivity contribution in [1.29, 1.82) is 5.26 Å². The number of benzene rings is 2. The fourth-order valence-electron chi connectivity index (χ4n) is 3.53. The summed E-state index contributed by atoms with van der Waals surface area (Å²) in [5.74, 6) is -0.339. The number of ether oxygens (including phenoxy) is 1. The van der Waals surface area contributed by atoms with Gasteiger partial charge >= 0.3 is 5.97 Å². The van der Waals surface area contributed by atoms with Crippen LogP contribution in [0.4, 0.5) is 0 Å². The van der Waals surface area contributed by atoms with Crippen molar-refractivity contribution in [3.05, 3.63) is 59.7 Å². The molecule has 1 aliphatic heterocycles. The van der Waals surface area contributed by atoms with E-state index in [4.69, 9.17) is 4.74 Å². The zero-order valence-corrected chi connectivity index (χ0v) is 13.9. The van der Waals surface area contributed by atoms with Gasteiger partial charge in [0.25, 0.3) is 0 Å². The van der Waals surface area contributed by atoms with Crippen molar-refractivity contribution in [2.75, 3.05) is 20.7 Å². The number of hydrogen-bond donors (Lipinski definition) is 0. The first-order valence-corrected chi connectivity index (χ1v) is 8.04. The summed E-state index contributed by atoms with van der Waals surface area (Å²) >= 11 is 0. The van der Waals surface area contributed by atoms with Crippen LogP contribution in [0.5, 0.6) is 0 Å². The Kier molecular flexibility index (Phi) is 4.64. The Hall–Kier alpha value is -2.64. The lowest BCUT2D eigenvalue weighted by atomic mass is 9.85. The minimum Gasteiger partial charge on any atom is -0.465 e. The molecule has 2 aromatic rings. The number of esters is 1. The molecule has 2 aromatic carbocycles. The summed E-state index contributed by atoms with van der Waals surface area (Å²) in [5, 5.41) is 9.53. The highest BCUT2D eigenvalue weighted by atomic mass is 16.5. The van der Waals surface area contributed by atoms with Gasteiger partial charge in [-0.1, -0.05) is 48.5 Å². The van der Waals surface area contributed by atoms with Crippen molar-refractivity contribution in [1.82, 2.24) is 4.90 Å². The molecule has 0 saturated carbocycles. The van der Waals surface area contributed by atoms with Crippen LogP contribution in [-0.4, -0.2) is 37.6 Å². The van der Waals surface area contributed by atoms with Crippen molar-refractivity contribution in [3.8, 4) is 17.2 Å². The van der Waals surface area contributed by atoms with Gasteiger partial charge < -0.3 is 4.74 Å². The first-order chi connectivity index (χ1) is 11.7. The second-order valence-electron chi connectivity index (χ2n) is 6.08. The van der Waals surface area contributed by atoms with Gasteiger partial charge in [0.05, 0.1) is 18.7 Å². The van der Waals surface area contributed by atoms with Gasteiger partial charge in [-0.15, -0.1) is 0 Å². The first-order valence-electron chi connectivity index (χ1n) is 8.04. The average molecular weight is 320 g/mol. The second kappa shape index (κ2) is 6.86. The van der Waals surface area contributed by atoms with Gasteiger partial charge in [-0.25, -0.2) is 4.79 Å². The Bertz CT molecular complexity index is 780. The van der Waals surface area contributed by atoms with Crippen LogP contribution in [0.3, 0.4) is 0 Å². The number of carbonyl (C=O) groups excluding carboxylic acids is 1. The summed E-state index contributed by atoms with van der Waals surface area (Å²) in [6.45, 7) is 0.846. The van der Waals surface area contributed by atoms with Gasteiger partial charge in [-0.2, -0.15) is 5.26 Å². The molecule has 1 heterocycles. The summed E-state index contributed by atoms with van der Waals surface area (Å²) in [7, 11) is 3.35. The lowest BCUT2D eigenvalue weighted by Crippen LogP contribution is -2.27. The normalized spacial score (nSPS) is 20.5. The van der Waals surface area contributed by atoms with Crippen LogP contribution in [0.25, 0.3) is 11.1 Å². The molecule has 3 rings (SSSR count). The van der Waals surface area contributed by atoms with Crippen LogP contribution in [0.15, 0.2) is 48.5 Å². The Balaban J connectivity index is 2.17. The summed E-state index contributed by atoms with van der Waals surface area (Å²) in [4.78, 5) is 14.6. The van der Waals surface area contributed by atoms with Crippen LogP contribution in [0.1, 0.15) is 28.3 Å². The fraction of sp³-hybridized carbons (Fsp3) is 0.300. The Morgan fingerprint density at radius 1 is 1.21 bits per heavy atom. The molecule has 0 aliphatic carbocycles. The largest absolute Gasteiger partial charge is 0.465 e. The third-order valence-corrected chi connectivity index (χ3v) is 4.75. The van der Waals surface area contributed by atoms with E-state index >= 15 is 0 Å². The number of nitrogens with zero attached hydrogens (tertiary/aromatic N) is 2. The second-order valence-corrected chi connectivity index (χ2v) is 6.08. The first kappa shape index (κ1) is 16.2. The quantitative estimate of drug-likeness (QED) is 0.813. The lowest BCUT2D eigenvalue weighted by molar-refractivity contribution is 0.0599. The molecule has 4 nitrogen and oxygen atoms in total. The molecular formula is C20H20N2O2. The number of rotatable bonds is 3. The maximum atomic E-state index is 12.5. The highest BCUT2D eigenvalue weighted by Crippen LogP contribution is 2.38. The highest BCUT2D eigenvalue weighted by molar-refractivity contribution is 5.99. The highest BCUT2D eigenvalue weighted by Gasteiger charge is 2.36. The number of methoxy groups -OCH3 is 1. The van der Waals surface area contributed by atoms with Gasteiger partial charge in [0.2, 0.25) is 0 Å². The number of nitriles is 1. The molecule has 122 valence electrons. The topological polar surface area (TPSA) is 53.3 Å². The van der Waals surface area contributed by atoms with Crippen molar-refractivity contribution in [3.63, 3.8) is 0 Å². The minimum absolute atomic E-state index is 0.0118. The SMILES string of the molecule is COC(=O)c1c(-c2ccccc2)cccc1[C@@H]1CCN(C)[C@H]1C#N. The van der Waals surface area contributed by atoms with Crippen LogP contribution in [0.2, 0.25) is 0 Å². The number of likely N-dealkylation sites (N-methyl/N-ethyl adjacent to an activating group) is 1. The number of carbonyl (C=O) groups is 1. The van der Waals surface area contributed by atoms with E-state index in [0.29, 0.717) is 5.56 Å². The fourth-order valence-corrected chi connectivity index (χ4v) is 3.53. The number of likely N-dealkylation sites (tertiary alicyclic amines) is 1. The molecule has 1 saturated heterocycles. The Labute approximate surface area is 142 Å². The molecule has 0 amide bonds. The maximum Gasteiger partial charge on any atom is 0.338 e. The van der Waals surface area contributed by atoms with Crippen LogP contribution >= 0.6 is 0 Å². The molecule has 0 aromatic heterocycles. The van der Waals surface area contributed by atoms with Gasteiger partial charge in [-0.3, -0.25) is 4.90 Å². The van der Waals surface area contributed by atoms with Gasteiger partial charge in [0.1, 0.15) is 6.04 Å². The van der Waals surface area contributed by atoms with E-state index in [1.165, 1.54) is 7.11 Å². The molecule has 1 aliphatic rings. The van der Waals surface area contributed by atoms with Crippen LogP contribution in [-0.2, 0) is 4.74 Å². The molecule has 0 bridgehead atoms. The van der Waals surface area contributed by atoms with E-state index in [9.17, 15) is 10.1 Å². The standard InChI is InChI=1S/C20H20N2O2/c1-22-12-11-16(18(22)13-21)17-10-6-9-15(19(17)20(23)24-2)14-7-4-3-5-8-14/h3-10,16,18H,11-12H2,1-2H3/t16-,18-/m0/s1. The predicted molar refractivity (Wildman–Crippen MR) is 92.6 cm³/mol. The average Bonchev–Trinajstić information content (AvgIpc) is 3.01. The smallest absolute Gasteiger partial charge is 0.338 e. The van der Waals surface area contributed by atoms with Crippen molar-refractivity contribution in [2.24, 2.45) is 0 Å². The third-order valence-electron chi connectivity index (χ3n) is 4.75. The van der Waals surface area contributed by atoms with Crippen LogP contribution in [0, 0.1) is 11.3 Å². The van der Waals surface area contributed by atoms with Crippen molar-refractivity contribution in [2.45, 2.75) is 18.4 Å². The van der Waals surface area contributed by atoms with Crippen LogP contribution < -0.4 is 0 Å². The summed E-state index contributed by atoms with van der Waals surface area (Å²) in [5.41, 5.74) is 3.30. The van der Waals surface area contributed by atoms with Gasteiger partial charge in [0.15, 0.2) is 0 Å². The molecule has 2 atom stereocenters. The van der Waals surface area contributed by atoms with E-state index in [1.807, 2.05) is 60.5 Å². The summed E-state index contributed by atoms with van der Waals surface area (Å²) in [6.07, 6.45) is 0.858. The third kappa shape index (κ3) is 2.79. The predicted octanol–water partition coefficient (Wildman–Crippen LogP) is 3.45. The lowest BCUT2D eigenvalue weighted by Gasteiger charge is -2.21. The Morgan fingerprint density at radius 2 is 1.96 bits per heavy atom. The van der Waals surface area contributed by atoms with Gasteiger partial charge in [0, 0.05) is 5.92 Å². The summed E-state index contributed by atoms with van der Waals surface area (Å²) in [6, 6.07) is 17.8. The number of hydrogen-bond acceptors (Lipinski definition) is 4.